The van der Waals surface area contributed by atoms with Crippen molar-refractivity contribution < 1.29 is 9.53 Å². The molecule has 0 atom stereocenters. The van der Waals surface area contributed by atoms with E-state index in [1.54, 1.807) is 19.4 Å². The van der Waals surface area contributed by atoms with E-state index in [2.05, 4.69) is 0 Å². The Morgan fingerprint density at radius 3 is 2.33 bits per heavy atom. The summed E-state index contributed by atoms with van der Waals surface area (Å²) >= 11 is 1.48. The average Bonchev–Trinajstić information content (AvgIpc) is 2.72. The molecule has 1 aromatic rings. The van der Waals surface area contributed by atoms with Gasteiger partial charge in [-0.25, -0.2) is 0 Å². The molecule has 0 radical (unpaired) electrons. The van der Waals surface area contributed by atoms with Gasteiger partial charge in [0.15, 0.2) is 5.78 Å². The molecule has 1 aliphatic heterocycles. The maximum Gasteiger partial charge on any atom is 0.169 e. The minimum absolute atomic E-state index is 0.153. The van der Waals surface area contributed by atoms with Crippen LogP contribution in [0.5, 0.6) is 0 Å². The SMILES string of the molecule is CC(=O)c1cccs1.CN1C=COC=C1. The number of carbonyl (C=O) groups is 1. The predicted molar refractivity (Wildman–Crippen MR) is 61.5 cm³/mol. The summed E-state index contributed by atoms with van der Waals surface area (Å²) < 4.78 is 4.74. The lowest BCUT2D eigenvalue weighted by atomic mass is 10.4. The van der Waals surface area contributed by atoms with Gasteiger partial charge in [-0.2, -0.15) is 0 Å². The van der Waals surface area contributed by atoms with Gasteiger partial charge in [-0.3, -0.25) is 4.79 Å². The molecule has 1 aromatic heterocycles. The smallest absolute Gasteiger partial charge is 0.169 e. The van der Waals surface area contributed by atoms with Crippen LogP contribution in [0.2, 0.25) is 0 Å². The number of ketones is 1. The van der Waals surface area contributed by atoms with Gasteiger partial charge in [0, 0.05) is 19.4 Å². The Hall–Kier alpha value is -1.55. The quantitative estimate of drug-likeness (QED) is 0.686. The van der Waals surface area contributed by atoms with Crippen LogP contribution in [0, 0.1) is 0 Å². The van der Waals surface area contributed by atoms with E-state index in [4.69, 9.17) is 4.74 Å². The van der Waals surface area contributed by atoms with E-state index in [-0.39, 0.29) is 5.78 Å². The van der Waals surface area contributed by atoms with Crippen LogP contribution < -0.4 is 0 Å². The second-order valence-corrected chi connectivity index (χ2v) is 3.85. The van der Waals surface area contributed by atoms with Crippen molar-refractivity contribution in [3.63, 3.8) is 0 Å². The lowest BCUT2D eigenvalue weighted by molar-refractivity contribution is 0.102. The van der Waals surface area contributed by atoms with E-state index >= 15 is 0 Å². The van der Waals surface area contributed by atoms with Crippen molar-refractivity contribution in [2.75, 3.05) is 7.05 Å². The minimum atomic E-state index is 0.153. The van der Waals surface area contributed by atoms with E-state index in [1.807, 2.05) is 41.9 Å². The summed E-state index contributed by atoms with van der Waals surface area (Å²) in [5.74, 6) is 0.153. The third-order valence-corrected chi connectivity index (χ3v) is 2.59. The van der Waals surface area contributed by atoms with Crippen LogP contribution in [0.1, 0.15) is 16.6 Å². The Bertz CT molecular complexity index is 343. The lowest BCUT2D eigenvalue weighted by Gasteiger charge is -2.08. The molecule has 15 heavy (non-hydrogen) atoms. The van der Waals surface area contributed by atoms with Crippen LogP contribution in [0.25, 0.3) is 0 Å². The summed E-state index contributed by atoms with van der Waals surface area (Å²) in [7, 11) is 1.94. The fourth-order valence-electron chi connectivity index (χ4n) is 0.836. The van der Waals surface area contributed by atoms with Crippen LogP contribution >= 0.6 is 11.3 Å². The Morgan fingerprint density at radius 1 is 1.40 bits per heavy atom. The summed E-state index contributed by atoms with van der Waals surface area (Å²) in [5.41, 5.74) is 0. The van der Waals surface area contributed by atoms with Crippen LogP contribution in [0.3, 0.4) is 0 Å². The van der Waals surface area contributed by atoms with E-state index in [9.17, 15) is 4.79 Å². The van der Waals surface area contributed by atoms with E-state index in [1.165, 1.54) is 11.3 Å². The Morgan fingerprint density at radius 2 is 2.07 bits per heavy atom. The summed E-state index contributed by atoms with van der Waals surface area (Å²) in [6.07, 6.45) is 6.92. The number of rotatable bonds is 1. The number of Topliss-reactive ketones (excluding diaryl/α,β-unsaturated/α-hetero) is 1. The second kappa shape index (κ2) is 6.03. The molecule has 1 aliphatic rings. The first-order chi connectivity index (χ1) is 7.20. The van der Waals surface area contributed by atoms with Crippen molar-refractivity contribution in [2.45, 2.75) is 6.92 Å². The van der Waals surface area contributed by atoms with Gasteiger partial charge in [0.1, 0.15) is 12.5 Å². The lowest BCUT2D eigenvalue weighted by Crippen LogP contribution is -2.02. The molecule has 4 heteroatoms. The monoisotopic (exact) mass is 223 g/mol. The van der Waals surface area contributed by atoms with Gasteiger partial charge in [0.2, 0.25) is 0 Å². The van der Waals surface area contributed by atoms with Gasteiger partial charge < -0.3 is 9.64 Å². The van der Waals surface area contributed by atoms with Crippen LogP contribution in [-0.4, -0.2) is 17.7 Å². The van der Waals surface area contributed by atoms with Crippen LogP contribution in [0.4, 0.5) is 0 Å². The van der Waals surface area contributed by atoms with Gasteiger partial charge in [-0.1, -0.05) is 6.07 Å². The normalized spacial score (nSPS) is 12.8. The molecule has 0 saturated heterocycles. The number of hydrogen-bond acceptors (Lipinski definition) is 4. The molecule has 0 fully saturated rings. The van der Waals surface area contributed by atoms with Crippen LogP contribution in [-0.2, 0) is 4.74 Å². The summed E-state index contributed by atoms with van der Waals surface area (Å²) in [6.45, 7) is 1.58. The molecule has 0 unspecified atom stereocenters. The van der Waals surface area contributed by atoms with Crippen LogP contribution in [0.15, 0.2) is 42.4 Å². The molecule has 80 valence electrons. The third kappa shape index (κ3) is 4.46. The number of carbonyl (C=O) groups excluding carboxylic acids is 1. The molecule has 0 aromatic carbocycles. The first kappa shape index (κ1) is 11.5. The highest BCUT2D eigenvalue weighted by molar-refractivity contribution is 7.12. The first-order valence-corrected chi connectivity index (χ1v) is 5.33. The number of thiophene rings is 1. The summed E-state index contributed by atoms with van der Waals surface area (Å²) in [5, 5.41) is 1.90. The van der Waals surface area contributed by atoms with E-state index < -0.39 is 0 Å². The van der Waals surface area contributed by atoms with Crippen molar-refractivity contribution in [2.24, 2.45) is 0 Å². The number of nitrogens with zero attached hydrogens (tertiary/aromatic N) is 1. The predicted octanol–water partition coefficient (Wildman–Crippen LogP) is 2.84. The Balaban J connectivity index is 0.000000151. The number of hydrogen-bond donors (Lipinski definition) is 0. The van der Waals surface area contributed by atoms with Gasteiger partial charge >= 0.3 is 0 Å². The molecule has 0 N–H and O–H groups in total. The zero-order valence-electron chi connectivity index (χ0n) is 8.71. The highest BCUT2D eigenvalue weighted by Crippen LogP contribution is 2.07. The first-order valence-electron chi connectivity index (χ1n) is 4.45. The molecule has 0 spiro atoms. The summed E-state index contributed by atoms with van der Waals surface area (Å²) in [6, 6.07) is 3.70. The van der Waals surface area contributed by atoms with Crippen molar-refractivity contribution in [3.8, 4) is 0 Å². The Kier molecular flexibility index (Phi) is 4.63. The Labute approximate surface area is 93.3 Å². The largest absolute Gasteiger partial charge is 0.470 e. The molecule has 0 bridgehead atoms. The fraction of sp³-hybridized carbons (Fsp3) is 0.182. The van der Waals surface area contributed by atoms with Gasteiger partial charge in [0.05, 0.1) is 4.88 Å². The maximum atomic E-state index is 10.5. The second-order valence-electron chi connectivity index (χ2n) is 2.91. The molecular formula is C11H13NO2S. The zero-order valence-corrected chi connectivity index (χ0v) is 9.53. The molecule has 2 heterocycles. The number of ether oxygens (including phenoxy) is 1. The fourth-order valence-corrected chi connectivity index (χ4v) is 1.46. The maximum absolute atomic E-state index is 10.5. The van der Waals surface area contributed by atoms with Crippen molar-refractivity contribution >= 4 is 17.1 Å². The molecule has 0 saturated carbocycles. The van der Waals surface area contributed by atoms with Crippen molar-refractivity contribution in [1.82, 2.24) is 4.90 Å². The summed E-state index contributed by atoms with van der Waals surface area (Å²) in [4.78, 5) is 13.3. The van der Waals surface area contributed by atoms with Gasteiger partial charge in [-0.15, -0.1) is 11.3 Å². The average molecular weight is 223 g/mol. The molecule has 2 rings (SSSR count). The standard InChI is InChI=1S/C6H6OS.C5H7NO/c1-5(7)6-3-2-4-8-6;1-6-2-4-7-5-3-6/h2-4H,1H3;2-5H,1H3. The van der Waals surface area contributed by atoms with E-state index in [0.29, 0.717) is 0 Å². The van der Waals surface area contributed by atoms with Gasteiger partial charge in [0.25, 0.3) is 0 Å². The van der Waals surface area contributed by atoms with E-state index in [0.717, 1.165) is 4.88 Å². The topological polar surface area (TPSA) is 29.5 Å². The third-order valence-electron chi connectivity index (χ3n) is 1.62. The van der Waals surface area contributed by atoms with Gasteiger partial charge in [-0.05, 0) is 18.4 Å². The molecular weight excluding hydrogens is 210 g/mol. The minimum Gasteiger partial charge on any atom is -0.470 e. The molecule has 0 amide bonds. The highest BCUT2D eigenvalue weighted by Gasteiger charge is 1.95. The zero-order chi connectivity index (χ0) is 11.1. The van der Waals surface area contributed by atoms with Crippen molar-refractivity contribution in [1.29, 1.82) is 0 Å². The molecule has 0 aliphatic carbocycles. The van der Waals surface area contributed by atoms with Crippen molar-refractivity contribution in [3.05, 3.63) is 47.3 Å². The molecule has 3 nitrogen and oxygen atoms in total. The highest BCUT2D eigenvalue weighted by atomic mass is 32.1.